The summed E-state index contributed by atoms with van der Waals surface area (Å²) in [5, 5.41) is 2.48. The minimum Gasteiger partial charge on any atom is -0.311 e. The number of rotatable bonds is 7. The fraction of sp³-hybridized carbons (Fsp3) is 0.111. The van der Waals surface area contributed by atoms with E-state index < -0.39 is 5.41 Å². The molecule has 0 amide bonds. The summed E-state index contributed by atoms with van der Waals surface area (Å²) in [6.45, 7) is 11.5. The zero-order valence-corrected chi connectivity index (χ0v) is 43.6. The van der Waals surface area contributed by atoms with Crippen molar-refractivity contribution in [3.05, 3.63) is 276 Å². The highest BCUT2D eigenvalue weighted by molar-refractivity contribution is 7.00. The molecule has 2 aliphatic carbocycles. The van der Waals surface area contributed by atoms with Gasteiger partial charge in [0.05, 0.1) is 11.1 Å². The molecule has 362 valence electrons. The van der Waals surface area contributed by atoms with Crippen molar-refractivity contribution in [1.29, 1.82) is 0 Å². The Kier molecular flexibility index (Phi) is 9.88. The van der Waals surface area contributed by atoms with Crippen LogP contribution >= 0.6 is 0 Å². The number of hydrogen-bond donors (Lipinski definition) is 0. The van der Waals surface area contributed by atoms with E-state index in [1.54, 1.807) is 0 Å². The first-order valence-corrected chi connectivity index (χ1v) is 27.2. The number of hydrogen-bond acceptors (Lipinski definition) is 3. The molecule has 0 fully saturated rings. The highest BCUT2D eigenvalue weighted by atomic mass is 15.2. The fourth-order valence-electron chi connectivity index (χ4n) is 13.9. The molecule has 4 aliphatic rings. The number of benzene rings is 11. The average Bonchev–Trinajstić information content (AvgIpc) is 4.07. The minimum absolute atomic E-state index is 0.0292. The van der Waals surface area contributed by atoms with Gasteiger partial charge in [-0.2, -0.15) is 0 Å². The van der Waals surface area contributed by atoms with E-state index in [1.807, 2.05) is 0 Å². The van der Waals surface area contributed by atoms with Gasteiger partial charge >= 0.3 is 0 Å². The molecule has 0 radical (unpaired) electrons. The van der Waals surface area contributed by atoms with Gasteiger partial charge in [-0.25, -0.2) is 0 Å². The van der Waals surface area contributed by atoms with Gasteiger partial charge in [-0.15, -0.1) is 0 Å². The summed E-state index contributed by atoms with van der Waals surface area (Å²) >= 11 is 0. The van der Waals surface area contributed by atoms with Gasteiger partial charge in [-0.3, -0.25) is 0 Å². The van der Waals surface area contributed by atoms with E-state index in [1.165, 1.54) is 117 Å². The number of anilines is 9. The van der Waals surface area contributed by atoms with E-state index in [-0.39, 0.29) is 6.71 Å². The zero-order chi connectivity index (χ0) is 51.0. The topological polar surface area (TPSA) is 9.72 Å². The van der Waals surface area contributed by atoms with Crippen molar-refractivity contribution in [2.24, 2.45) is 0 Å². The van der Waals surface area contributed by atoms with Crippen molar-refractivity contribution in [2.45, 2.75) is 51.9 Å². The van der Waals surface area contributed by atoms with Crippen LogP contribution < -0.4 is 31.1 Å². The normalized spacial score (nSPS) is 15.1. The third-order valence-corrected chi connectivity index (χ3v) is 17.2. The Morgan fingerprint density at radius 3 is 1.58 bits per heavy atom. The zero-order valence-electron chi connectivity index (χ0n) is 43.6. The molecule has 0 aromatic heterocycles. The average molecular weight is 974 g/mol. The van der Waals surface area contributed by atoms with Crippen molar-refractivity contribution in [3.8, 4) is 22.3 Å². The number of fused-ring (bicyclic) bond motifs is 16. The molecule has 0 bridgehead atoms. The monoisotopic (exact) mass is 973 g/mol. The summed E-state index contributed by atoms with van der Waals surface area (Å²) in [5.41, 5.74) is 28.5. The highest BCUT2D eigenvalue weighted by Gasteiger charge is 2.54. The smallest absolute Gasteiger partial charge is 0.252 e. The molecular formula is C72H56BN3. The largest absolute Gasteiger partial charge is 0.311 e. The summed E-state index contributed by atoms with van der Waals surface area (Å²) in [5.74, 6) is 0.807. The van der Waals surface area contributed by atoms with E-state index >= 15 is 0 Å². The summed E-state index contributed by atoms with van der Waals surface area (Å²) < 4.78 is 0. The van der Waals surface area contributed by atoms with Crippen LogP contribution in [0.4, 0.5) is 51.2 Å². The molecule has 2 aliphatic heterocycles. The summed E-state index contributed by atoms with van der Waals surface area (Å²) in [4.78, 5) is 7.63. The van der Waals surface area contributed by atoms with Gasteiger partial charge in [0, 0.05) is 50.9 Å². The molecule has 1 unspecified atom stereocenters. The maximum absolute atomic E-state index is 2.64. The van der Waals surface area contributed by atoms with Crippen LogP contribution in [0.1, 0.15) is 78.5 Å². The summed E-state index contributed by atoms with van der Waals surface area (Å²) in [7, 11) is 0. The summed E-state index contributed by atoms with van der Waals surface area (Å²) in [6.07, 6.45) is 0. The maximum Gasteiger partial charge on any atom is 0.252 e. The number of para-hydroxylation sites is 3. The van der Waals surface area contributed by atoms with Gasteiger partial charge in [0.1, 0.15) is 0 Å². The lowest BCUT2D eigenvalue weighted by atomic mass is 9.33. The predicted octanol–water partition coefficient (Wildman–Crippen LogP) is 17.3. The van der Waals surface area contributed by atoms with Crippen LogP contribution in [0.5, 0.6) is 0 Å². The van der Waals surface area contributed by atoms with Gasteiger partial charge in [0.15, 0.2) is 0 Å². The Labute approximate surface area is 447 Å². The van der Waals surface area contributed by atoms with Gasteiger partial charge in [-0.05, 0) is 181 Å². The molecule has 0 N–H and O–H groups in total. The van der Waals surface area contributed by atoms with Gasteiger partial charge in [0.2, 0.25) is 0 Å². The molecule has 2 heterocycles. The Morgan fingerprint density at radius 1 is 0.395 bits per heavy atom. The van der Waals surface area contributed by atoms with E-state index in [9.17, 15) is 0 Å². The Bertz CT molecular complexity index is 4110. The van der Waals surface area contributed by atoms with Crippen LogP contribution in [0.3, 0.4) is 0 Å². The van der Waals surface area contributed by atoms with Crippen LogP contribution in [-0.2, 0) is 5.41 Å². The molecule has 11 aromatic carbocycles. The molecule has 4 heteroatoms. The van der Waals surface area contributed by atoms with Crippen molar-refractivity contribution in [1.82, 2.24) is 0 Å². The predicted molar refractivity (Wildman–Crippen MR) is 322 cm³/mol. The van der Waals surface area contributed by atoms with Crippen molar-refractivity contribution >= 4 is 85.1 Å². The lowest BCUT2D eigenvalue weighted by molar-refractivity contribution is 0.794. The van der Waals surface area contributed by atoms with Crippen molar-refractivity contribution < 1.29 is 0 Å². The van der Waals surface area contributed by atoms with Gasteiger partial charge in [0.25, 0.3) is 6.71 Å². The first-order chi connectivity index (χ1) is 37.3. The Morgan fingerprint density at radius 2 is 0.921 bits per heavy atom. The first-order valence-electron chi connectivity index (χ1n) is 27.2. The van der Waals surface area contributed by atoms with Gasteiger partial charge < -0.3 is 14.7 Å². The SMILES string of the molecule is Cc1cc2c3c(c1)N(c1ccccc1)c1cc4c(cc1B3c1cc(C(C)C)ccc1N2c1ccc(C(C)C)cc1)-c1ccccc1C41c2ccccc2-c2c1cc(N(c1ccccc1)c1ccccc1)c1ccccc21. The van der Waals surface area contributed by atoms with Crippen LogP contribution in [-0.4, -0.2) is 6.71 Å². The minimum atomic E-state index is -0.640. The quantitative estimate of drug-likeness (QED) is 0.147. The van der Waals surface area contributed by atoms with Gasteiger partial charge in [-0.1, -0.05) is 185 Å². The highest BCUT2D eigenvalue weighted by Crippen LogP contribution is 2.65. The molecule has 11 aromatic rings. The van der Waals surface area contributed by atoms with Crippen LogP contribution in [0, 0.1) is 6.92 Å². The second kappa shape index (κ2) is 16.8. The van der Waals surface area contributed by atoms with E-state index in [0.29, 0.717) is 11.8 Å². The molecule has 15 rings (SSSR count). The molecule has 1 spiro atoms. The fourth-order valence-corrected chi connectivity index (χ4v) is 13.9. The molecule has 1 atom stereocenters. The standard InChI is InChI=1S/C72H56BN3/c1-45(2)48-33-36-53(37-34-48)75-65-38-35-49(46(3)4)41-63(65)73-64-42-58-54-27-17-19-31-59(54)72(61(58)43-67(64)76(52-25-13-8-14-26-52)69-40-47(5)39-68(75)71(69)73)60-32-20-18-30-57(60)70-56-29-16-15-28-55(56)66(44-62(70)72)74(50-21-9-6-10-22-50)51-23-11-7-12-24-51/h6-46H,1-5H3. The molecular weight excluding hydrogens is 918 g/mol. The van der Waals surface area contributed by atoms with Crippen LogP contribution in [0.15, 0.2) is 237 Å². The summed E-state index contributed by atoms with van der Waals surface area (Å²) in [6, 6.07) is 90.1. The lowest BCUT2D eigenvalue weighted by Gasteiger charge is -2.45. The third-order valence-electron chi connectivity index (χ3n) is 17.2. The molecule has 76 heavy (non-hydrogen) atoms. The Balaban J connectivity index is 1.06. The number of nitrogens with zero attached hydrogens (tertiary/aromatic N) is 3. The first kappa shape index (κ1) is 44.6. The second-order valence-corrected chi connectivity index (χ2v) is 22.0. The lowest BCUT2D eigenvalue weighted by Crippen LogP contribution is -2.61. The van der Waals surface area contributed by atoms with Crippen LogP contribution in [0.2, 0.25) is 0 Å². The second-order valence-electron chi connectivity index (χ2n) is 22.0. The van der Waals surface area contributed by atoms with Crippen LogP contribution in [0.25, 0.3) is 33.0 Å². The molecule has 0 saturated heterocycles. The molecule has 3 nitrogen and oxygen atoms in total. The third kappa shape index (κ3) is 6.25. The number of aryl methyl sites for hydroxylation is 1. The van der Waals surface area contributed by atoms with E-state index in [4.69, 9.17) is 0 Å². The van der Waals surface area contributed by atoms with Crippen molar-refractivity contribution in [2.75, 3.05) is 14.7 Å². The Hall–Kier alpha value is -8.86. The maximum atomic E-state index is 2.64. The van der Waals surface area contributed by atoms with Crippen molar-refractivity contribution in [3.63, 3.8) is 0 Å². The van der Waals surface area contributed by atoms with E-state index in [0.717, 1.165) is 22.7 Å². The van der Waals surface area contributed by atoms with E-state index in [2.05, 4.69) is 286 Å². The molecule has 0 saturated carbocycles.